The van der Waals surface area contributed by atoms with E-state index in [4.69, 9.17) is 0 Å². The van der Waals surface area contributed by atoms with E-state index in [1.807, 2.05) is 7.05 Å². The Morgan fingerprint density at radius 1 is 0.440 bits per heavy atom. The number of hydrogen-bond donors (Lipinski definition) is 2. The van der Waals surface area contributed by atoms with Crippen LogP contribution in [-0.2, 0) is 0 Å². The first kappa shape index (κ1) is 21.6. The van der Waals surface area contributed by atoms with Crippen molar-refractivity contribution in [3.63, 3.8) is 0 Å². The van der Waals surface area contributed by atoms with Crippen LogP contribution >= 0.6 is 12.6 Å². The molecule has 25 heavy (non-hydrogen) atoms. The molecule has 0 spiro atoms. The fourth-order valence-electron chi connectivity index (χ4n) is 3.36. The van der Waals surface area contributed by atoms with Gasteiger partial charge in [-0.2, -0.15) is 0 Å². The maximum absolute atomic E-state index is 4.50. The Morgan fingerprint density at radius 2 is 0.680 bits per heavy atom. The summed E-state index contributed by atoms with van der Waals surface area (Å²) in [6, 6.07) is 0. The Hall–Kier alpha value is -1.41. The van der Waals surface area contributed by atoms with Crippen LogP contribution in [0.3, 0.4) is 0 Å². The Bertz CT molecular complexity index is 667. The number of hydrogen-bond acceptors (Lipinski definition) is 2. The molecule has 0 saturated carbocycles. The smallest absolute Gasteiger partial charge is 0.0402 e. The molecule has 0 amide bonds. The van der Waals surface area contributed by atoms with Crippen molar-refractivity contribution >= 4 is 18.3 Å². The van der Waals surface area contributed by atoms with Gasteiger partial charge in [0.2, 0.25) is 0 Å². The average Bonchev–Trinajstić information content (AvgIpc) is 2.61. The highest BCUT2D eigenvalue weighted by Crippen LogP contribution is 2.29. The van der Waals surface area contributed by atoms with E-state index in [9.17, 15) is 0 Å². The molecule has 0 heterocycles. The summed E-state index contributed by atoms with van der Waals surface area (Å²) in [6.07, 6.45) is 0. The topological polar surface area (TPSA) is 12.0 Å². The summed E-state index contributed by atoms with van der Waals surface area (Å²) in [5.74, 6) is 0. The summed E-state index contributed by atoms with van der Waals surface area (Å²) in [4.78, 5) is 1.15. The second kappa shape index (κ2) is 8.31. The van der Waals surface area contributed by atoms with Crippen molar-refractivity contribution in [2.24, 2.45) is 0 Å². The van der Waals surface area contributed by atoms with Crippen LogP contribution in [0.5, 0.6) is 0 Å². The van der Waals surface area contributed by atoms with Gasteiger partial charge in [-0.1, -0.05) is 0 Å². The highest BCUT2D eigenvalue weighted by molar-refractivity contribution is 7.80. The first-order valence-corrected chi connectivity index (χ1v) is 9.42. The zero-order valence-electron chi connectivity index (χ0n) is 17.9. The van der Waals surface area contributed by atoms with E-state index in [1.165, 1.54) is 61.3 Å². The van der Waals surface area contributed by atoms with Gasteiger partial charge in [-0.15, -0.1) is 12.6 Å². The Kier molecular flexibility index (Phi) is 7.19. The highest BCUT2D eigenvalue weighted by Gasteiger charge is 2.10. The number of anilines is 1. The van der Waals surface area contributed by atoms with Gasteiger partial charge < -0.3 is 5.32 Å². The molecule has 0 bridgehead atoms. The third kappa shape index (κ3) is 4.06. The van der Waals surface area contributed by atoms with Gasteiger partial charge in [-0.3, -0.25) is 0 Å². The molecule has 0 aliphatic rings. The van der Waals surface area contributed by atoms with E-state index in [2.05, 4.69) is 87.2 Å². The third-order valence-corrected chi connectivity index (χ3v) is 6.88. The van der Waals surface area contributed by atoms with Gasteiger partial charge in [0.1, 0.15) is 0 Å². The van der Waals surface area contributed by atoms with Crippen LogP contribution in [-0.4, -0.2) is 7.05 Å². The van der Waals surface area contributed by atoms with E-state index in [-0.39, 0.29) is 0 Å². The summed E-state index contributed by atoms with van der Waals surface area (Å²) in [7, 11) is 1.99. The first-order valence-electron chi connectivity index (χ1n) is 8.97. The lowest BCUT2D eigenvalue weighted by atomic mass is 9.93. The highest BCUT2D eigenvalue weighted by atomic mass is 32.1. The minimum absolute atomic E-state index is 1.15. The lowest BCUT2D eigenvalue weighted by molar-refractivity contribution is 1.10. The van der Waals surface area contributed by atoms with Gasteiger partial charge in [-0.25, -0.2) is 0 Å². The monoisotopic (exact) mass is 357 g/mol. The van der Waals surface area contributed by atoms with Crippen LogP contribution in [0.1, 0.15) is 55.6 Å². The van der Waals surface area contributed by atoms with Gasteiger partial charge in [0.05, 0.1) is 0 Å². The summed E-state index contributed by atoms with van der Waals surface area (Å²) in [5.41, 5.74) is 15.1. The van der Waals surface area contributed by atoms with Gasteiger partial charge >= 0.3 is 0 Å². The van der Waals surface area contributed by atoms with Crippen molar-refractivity contribution in [3.8, 4) is 0 Å². The lowest BCUT2D eigenvalue weighted by Crippen LogP contribution is -2.02. The fraction of sp³-hybridized carbons (Fsp3) is 0.478. The standard InChI is InChI=1S/C12H19N.C11H16S/c1-7-8(2)10(4)12(13-6)11(5)9(7)3;1-6-7(2)9(4)11(12)10(5)8(6)3/h13H,1-6H3;12H,1-5H3. The third-order valence-electron chi connectivity index (χ3n) is 6.21. The van der Waals surface area contributed by atoms with Crippen molar-refractivity contribution in [1.29, 1.82) is 0 Å². The fourth-order valence-corrected chi connectivity index (χ4v) is 3.69. The van der Waals surface area contributed by atoms with E-state index in [1.54, 1.807) is 0 Å². The maximum Gasteiger partial charge on any atom is 0.0402 e. The molecular formula is C23H35NS. The van der Waals surface area contributed by atoms with Gasteiger partial charge in [0.25, 0.3) is 0 Å². The zero-order chi connectivity index (χ0) is 19.6. The minimum atomic E-state index is 1.15. The van der Waals surface area contributed by atoms with Gasteiger partial charge in [0.15, 0.2) is 0 Å². The van der Waals surface area contributed by atoms with Crippen molar-refractivity contribution in [3.05, 3.63) is 55.6 Å². The van der Waals surface area contributed by atoms with E-state index in [0.29, 0.717) is 0 Å². The average molecular weight is 358 g/mol. The van der Waals surface area contributed by atoms with E-state index >= 15 is 0 Å². The van der Waals surface area contributed by atoms with Crippen molar-refractivity contribution < 1.29 is 0 Å². The number of benzene rings is 2. The maximum atomic E-state index is 4.50. The molecule has 2 heteroatoms. The lowest BCUT2D eigenvalue weighted by Gasteiger charge is -2.17. The minimum Gasteiger partial charge on any atom is -0.388 e. The normalized spacial score (nSPS) is 10.4. The van der Waals surface area contributed by atoms with Crippen LogP contribution in [0.25, 0.3) is 0 Å². The Morgan fingerprint density at radius 3 is 0.960 bits per heavy atom. The summed E-state index contributed by atoms with van der Waals surface area (Å²) >= 11 is 4.50. The summed E-state index contributed by atoms with van der Waals surface area (Å²) < 4.78 is 0. The molecule has 1 N–H and O–H groups in total. The Balaban J connectivity index is 0.000000251. The largest absolute Gasteiger partial charge is 0.388 e. The predicted octanol–water partition coefficient (Wildman–Crippen LogP) is 6.79. The summed E-state index contributed by atoms with van der Waals surface area (Å²) in [6.45, 7) is 21.7. The van der Waals surface area contributed by atoms with Crippen LogP contribution in [0.2, 0.25) is 0 Å². The molecule has 2 aromatic carbocycles. The summed E-state index contributed by atoms with van der Waals surface area (Å²) in [5, 5.41) is 3.27. The molecule has 2 rings (SSSR count). The van der Waals surface area contributed by atoms with Crippen LogP contribution < -0.4 is 5.32 Å². The first-order chi connectivity index (χ1) is 11.5. The molecule has 2 aromatic rings. The molecule has 138 valence electrons. The quantitative estimate of drug-likeness (QED) is 0.536. The van der Waals surface area contributed by atoms with Gasteiger partial charge in [-0.05, 0) is 125 Å². The van der Waals surface area contributed by atoms with E-state index < -0.39 is 0 Å². The zero-order valence-corrected chi connectivity index (χ0v) is 18.8. The van der Waals surface area contributed by atoms with Crippen molar-refractivity contribution in [2.75, 3.05) is 12.4 Å². The van der Waals surface area contributed by atoms with Crippen LogP contribution in [0, 0.1) is 69.2 Å². The molecule has 0 aromatic heterocycles. The Labute approximate surface area is 160 Å². The van der Waals surface area contributed by atoms with Gasteiger partial charge in [0, 0.05) is 17.6 Å². The van der Waals surface area contributed by atoms with Crippen molar-refractivity contribution in [2.45, 2.75) is 74.1 Å². The molecule has 0 aliphatic carbocycles. The second-order valence-electron chi connectivity index (χ2n) is 7.22. The molecule has 0 aliphatic heterocycles. The molecule has 0 atom stereocenters. The number of thiol groups is 1. The van der Waals surface area contributed by atoms with E-state index in [0.717, 1.165) is 4.90 Å². The molecular weight excluding hydrogens is 322 g/mol. The van der Waals surface area contributed by atoms with Crippen LogP contribution in [0.4, 0.5) is 5.69 Å². The second-order valence-corrected chi connectivity index (χ2v) is 7.67. The number of rotatable bonds is 1. The SMILES string of the molecule is CNc1c(C)c(C)c(C)c(C)c1C.Cc1c(C)c(C)c(S)c(C)c1C. The molecule has 0 radical (unpaired) electrons. The molecule has 1 nitrogen and oxygen atoms in total. The molecule has 0 unspecified atom stereocenters. The van der Waals surface area contributed by atoms with Crippen LogP contribution in [0.15, 0.2) is 4.90 Å². The molecule has 0 fully saturated rings. The predicted molar refractivity (Wildman–Crippen MR) is 117 cm³/mol. The van der Waals surface area contributed by atoms with Crippen molar-refractivity contribution in [1.82, 2.24) is 0 Å². The number of nitrogens with one attached hydrogen (secondary N) is 1. The molecule has 0 saturated heterocycles.